The molecule has 0 fully saturated rings. The normalized spacial score (nSPS) is 12.0. The number of carbonyl (C=O) groups excluding carboxylic acids is 1. The molecule has 0 aliphatic carbocycles. The third-order valence-electron chi connectivity index (χ3n) is 2.95. The second-order valence-corrected chi connectivity index (χ2v) is 4.55. The number of hydrogen-bond donors (Lipinski definition) is 1. The lowest BCUT2D eigenvalue weighted by molar-refractivity contribution is 0.0939. The van der Waals surface area contributed by atoms with Gasteiger partial charge in [0.2, 0.25) is 0 Å². The van der Waals surface area contributed by atoms with Crippen LogP contribution in [0, 0.1) is 18.6 Å². The summed E-state index contributed by atoms with van der Waals surface area (Å²) >= 11 is 0. The zero-order valence-corrected chi connectivity index (χ0v) is 11.2. The van der Waals surface area contributed by atoms with Crippen molar-refractivity contribution in [3.8, 4) is 0 Å². The Hall–Kier alpha value is -2.30. The summed E-state index contributed by atoms with van der Waals surface area (Å²) in [5.41, 5.74) is 1.43. The van der Waals surface area contributed by atoms with Gasteiger partial charge in [0.1, 0.15) is 11.6 Å². The molecule has 104 valence electrons. The molecule has 0 saturated carbocycles. The first kappa shape index (κ1) is 14.1. The van der Waals surface area contributed by atoms with Crippen LogP contribution in [-0.4, -0.2) is 10.9 Å². The quantitative estimate of drug-likeness (QED) is 0.935. The fraction of sp³-hybridized carbons (Fsp3) is 0.200. The van der Waals surface area contributed by atoms with Crippen LogP contribution in [0.3, 0.4) is 0 Å². The fourth-order valence-electron chi connectivity index (χ4n) is 1.81. The predicted molar refractivity (Wildman–Crippen MR) is 71.2 cm³/mol. The minimum absolute atomic E-state index is 0.236. The number of halogens is 2. The van der Waals surface area contributed by atoms with Gasteiger partial charge in [-0.25, -0.2) is 8.78 Å². The smallest absolute Gasteiger partial charge is 0.253 e. The van der Waals surface area contributed by atoms with Crippen LogP contribution in [0.2, 0.25) is 0 Å². The van der Waals surface area contributed by atoms with Gasteiger partial charge in [-0.1, -0.05) is 6.07 Å². The van der Waals surface area contributed by atoms with Gasteiger partial charge >= 0.3 is 0 Å². The summed E-state index contributed by atoms with van der Waals surface area (Å²) in [5, 5.41) is 2.65. The molecule has 3 nitrogen and oxygen atoms in total. The van der Waals surface area contributed by atoms with Crippen LogP contribution in [0.25, 0.3) is 0 Å². The second kappa shape index (κ2) is 5.77. The van der Waals surface area contributed by atoms with Crippen molar-refractivity contribution in [2.75, 3.05) is 0 Å². The molecule has 20 heavy (non-hydrogen) atoms. The van der Waals surface area contributed by atoms with Crippen LogP contribution in [0.15, 0.2) is 36.5 Å². The van der Waals surface area contributed by atoms with Gasteiger partial charge in [-0.3, -0.25) is 9.78 Å². The van der Waals surface area contributed by atoms with Crippen LogP contribution >= 0.6 is 0 Å². The molecular weight excluding hydrogens is 262 g/mol. The monoisotopic (exact) mass is 276 g/mol. The minimum atomic E-state index is -0.681. The predicted octanol–water partition coefficient (Wildman–Crippen LogP) is 3.16. The van der Waals surface area contributed by atoms with Crippen molar-refractivity contribution in [1.82, 2.24) is 10.3 Å². The van der Waals surface area contributed by atoms with E-state index in [1.165, 1.54) is 12.3 Å². The number of nitrogens with one attached hydrogen (secondary N) is 1. The van der Waals surface area contributed by atoms with Crippen LogP contribution in [0.5, 0.6) is 0 Å². The van der Waals surface area contributed by atoms with Crippen LogP contribution in [0.4, 0.5) is 8.78 Å². The lowest BCUT2D eigenvalue weighted by atomic mass is 10.1. The molecule has 1 heterocycles. The van der Waals surface area contributed by atoms with Gasteiger partial charge in [-0.05, 0) is 32.0 Å². The number of hydrogen-bond acceptors (Lipinski definition) is 2. The van der Waals surface area contributed by atoms with E-state index < -0.39 is 17.7 Å². The highest BCUT2D eigenvalue weighted by molar-refractivity contribution is 5.94. The topological polar surface area (TPSA) is 42.0 Å². The number of carbonyl (C=O) groups is 1. The molecule has 2 aromatic rings. The van der Waals surface area contributed by atoms with E-state index >= 15 is 0 Å². The SMILES string of the molecule is Cc1ccc(C(=O)NC(C)c2ccc(F)cc2F)cn1. The summed E-state index contributed by atoms with van der Waals surface area (Å²) in [6.07, 6.45) is 1.46. The fourth-order valence-corrected chi connectivity index (χ4v) is 1.81. The van der Waals surface area contributed by atoms with Crippen molar-refractivity contribution in [3.63, 3.8) is 0 Å². The van der Waals surface area contributed by atoms with Gasteiger partial charge in [-0.2, -0.15) is 0 Å². The van der Waals surface area contributed by atoms with E-state index in [4.69, 9.17) is 0 Å². The van der Waals surface area contributed by atoms with E-state index in [1.54, 1.807) is 19.1 Å². The summed E-state index contributed by atoms with van der Waals surface area (Å²) in [4.78, 5) is 16.0. The number of pyridine rings is 1. The number of benzene rings is 1. The number of nitrogens with zero attached hydrogens (tertiary/aromatic N) is 1. The van der Waals surface area contributed by atoms with Crippen molar-refractivity contribution < 1.29 is 13.6 Å². The third kappa shape index (κ3) is 3.17. The Morgan fingerprint density at radius 3 is 2.60 bits per heavy atom. The average molecular weight is 276 g/mol. The molecule has 5 heteroatoms. The summed E-state index contributed by atoms with van der Waals surface area (Å²) in [6, 6.07) is 6.08. The molecule has 0 aliphatic heterocycles. The van der Waals surface area contributed by atoms with Gasteiger partial charge in [0.05, 0.1) is 11.6 Å². The molecule has 0 aliphatic rings. The Morgan fingerprint density at radius 2 is 2.00 bits per heavy atom. The van der Waals surface area contributed by atoms with Gasteiger partial charge in [0, 0.05) is 23.5 Å². The summed E-state index contributed by atoms with van der Waals surface area (Å²) < 4.78 is 26.4. The molecular formula is C15H14F2N2O. The van der Waals surface area contributed by atoms with Crippen molar-refractivity contribution in [2.45, 2.75) is 19.9 Å². The molecule has 2 rings (SSSR count). The molecule has 0 radical (unpaired) electrons. The van der Waals surface area contributed by atoms with Crippen molar-refractivity contribution in [1.29, 1.82) is 0 Å². The lowest BCUT2D eigenvalue weighted by Gasteiger charge is -2.15. The van der Waals surface area contributed by atoms with E-state index in [2.05, 4.69) is 10.3 Å². The van der Waals surface area contributed by atoms with E-state index in [0.29, 0.717) is 5.56 Å². The molecule has 1 amide bonds. The zero-order chi connectivity index (χ0) is 14.7. The molecule has 1 atom stereocenters. The standard InChI is InChI=1S/C15H14F2N2O/c1-9-3-4-11(8-18-9)15(20)19-10(2)13-6-5-12(16)7-14(13)17/h3-8,10H,1-2H3,(H,19,20). The summed E-state index contributed by atoms with van der Waals surface area (Å²) in [5.74, 6) is -1.68. The number of aryl methyl sites for hydroxylation is 1. The highest BCUT2D eigenvalue weighted by Crippen LogP contribution is 2.18. The maximum atomic E-state index is 13.6. The number of rotatable bonds is 3. The van der Waals surface area contributed by atoms with E-state index in [9.17, 15) is 13.6 Å². The maximum Gasteiger partial charge on any atom is 0.253 e. The van der Waals surface area contributed by atoms with Gasteiger partial charge in [0.25, 0.3) is 5.91 Å². The molecule has 1 aromatic carbocycles. The second-order valence-electron chi connectivity index (χ2n) is 4.55. The van der Waals surface area contributed by atoms with Gasteiger partial charge in [0.15, 0.2) is 0 Å². The van der Waals surface area contributed by atoms with Crippen LogP contribution in [0.1, 0.15) is 34.6 Å². The zero-order valence-electron chi connectivity index (χ0n) is 11.2. The largest absolute Gasteiger partial charge is 0.345 e. The Labute approximate surface area is 115 Å². The highest BCUT2D eigenvalue weighted by atomic mass is 19.1. The van der Waals surface area contributed by atoms with Crippen molar-refractivity contribution in [2.24, 2.45) is 0 Å². The Morgan fingerprint density at radius 1 is 1.25 bits per heavy atom. The average Bonchev–Trinajstić information content (AvgIpc) is 2.39. The molecule has 0 saturated heterocycles. The third-order valence-corrected chi connectivity index (χ3v) is 2.95. The van der Waals surface area contributed by atoms with Gasteiger partial charge < -0.3 is 5.32 Å². The summed E-state index contributed by atoms with van der Waals surface area (Å²) in [7, 11) is 0. The Bertz CT molecular complexity index is 626. The maximum absolute atomic E-state index is 13.6. The molecule has 1 N–H and O–H groups in total. The van der Waals surface area contributed by atoms with Crippen LogP contribution < -0.4 is 5.32 Å². The molecule has 0 spiro atoms. The lowest BCUT2D eigenvalue weighted by Crippen LogP contribution is -2.27. The highest BCUT2D eigenvalue weighted by Gasteiger charge is 2.15. The first-order valence-electron chi connectivity index (χ1n) is 6.16. The number of amides is 1. The Balaban J connectivity index is 2.12. The minimum Gasteiger partial charge on any atom is -0.345 e. The van der Waals surface area contributed by atoms with Gasteiger partial charge in [-0.15, -0.1) is 0 Å². The number of aromatic nitrogens is 1. The first-order valence-corrected chi connectivity index (χ1v) is 6.16. The van der Waals surface area contributed by atoms with Crippen molar-refractivity contribution in [3.05, 3.63) is 65.0 Å². The summed E-state index contributed by atoms with van der Waals surface area (Å²) in [6.45, 7) is 3.45. The molecule has 1 aromatic heterocycles. The van der Waals surface area contributed by atoms with Crippen LogP contribution in [-0.2, 0) is 0 Å². The van der Waals surface area contributed by atoms with E-state index in [1.807, 2.05) is 6.92 Å². The van der Waals surface area contributed by atoms with E-state index in [0.717, 1.165) is 17.8 Å². The van der Waals surface area contributed by atoms with Crippen molar-refractivity contribution >= 4 is 5.91 Å². The Kier molecular flexibility index (Phi) is 4.08. The first-order chi connectivity index (χ1) is 9.47. The molecule has 0 bridgehead atoms. The molecule has 1 unspecified atom stereocenters. The van der Waals surface area contributed by atoms with E-state index in [-0.39, 0.29) is 11.5 Å².